The molecule has 0 bridgehead atoms. The quantitative estimate of drug-likeness (QED) is 0.712. The van der Waals surface area contributed by atoms with Crippen LogP contribution in [0, 0.1) is 0 Å². The van der Waals surface area contributed by atoms with Crippen LogP contribution in [0.1, 0.15) is 23.0 Å². The number of hydrogen-bond donors (Lipinski definition) is 3. The molecule has 104 valence electrons. The molecule has 1 aliphatic rings. The lowest BCUT2D eigenvalue weighted by atomic mass is 9.92. The Labute approximate surface area is 114 Å². The molecule has 0 saturated heterocycles. The molecule has 20 heavy (non-hydrogen) atoms. The molecule has 3 rings (SSSR count). The van der Waals surface area contributed by atoms with Crippen molar-refractivity contribution in [2.24, 2.45) is 5.73 Å². The van der Waals surface area contributed by atoms with E-state index in [0.717, 1.165) is 17.5 Å². The first-order chi connectivity index (χ1) is 9.65. The summed E-state index contributed by atoms with van der Waals surface area (Å²) in [5.41, 5.74) is 7.27. The molecular weight excluding hydrogens is 258 g/mol. The van der Waals surface area contributed by atoms with E-state index in [1.54, 1.807) is 0 Å². The van der Waals surface area contributed by atoms with E-state index in [-0.39, 0.29) is 5.69 Å². The highest BCUT2D eigenvalue weighted by atomic mass is 16.2. The molecule has 7 heteroatoms. The number of nitrogens with two attached hydrogens (primary N) is 1. The molecule has 0 saturated carbocycles. The molecule has 0 radical (unpaired) electrons. The molecule has 4 N–H and O–H groups in total. The largest absolute Gasteiger partial charge is 0.368 e. The second kappa shape index (κ2) is 4.93. The van der Waals surface area contributed by atoms with Gasteiger partial charge in [-0.2, -0.15) is 5.10 Å². The van der Waals surface area contributed by atoms with Crippen LogP contribution in [0.3, 0.4) is 0 Å². The first-order valence-electron chi connectivity index (χ1n) is 6.40. The SMILES string of the molecule is NC(=O)C1c2ccccc2CCN1Cc1n[nH]c(=O)[nH]1. The lowest BCUT2D eigenvalue weighted by Crippen LogP contribution is -2.42. The molecule has 0 spiro atoms. The number of benzene rings is 1. The number of carbonyl (C=O) groups is 1. The molecule has 7 nitrogen and oxygen atoms in total. The van der Waals surface area contributed by atoms with Gasteiger partial charge >= 0.3 is 5.69 Å². The van der Waals surface area contributed by atoms with Gasteiger partial charge in [-0.1, -0.05) is 24.3 Å². The highest BCUT2D eigenvalue weighted by Crippen LogP contribution is 2.30. The van der Waals surface area contributed by atoms with Crippen LogP contribution in [-0.2, 0) is 17.8 Å². The summed E-state index contributed by atoms with van der Waals surface area (Å²) in [5, 5.41) is 6.19. The molecule has 1 aromatic carbocycles. The van der Waals surface area contributed by atoms with E-state index >= 15 is 0 Å². The Hall–Kier alpha value is -2.41. The van der Waals surface area contributed by atoms with Crippen LogP contribution in [0.4, 0.5) is 0 Å². The van der Waals surface area contributed by atoms with Crippen molar-refractivity contribution in [2.75, 3.05) is 6.54 Å². The number of nitrogens with one attached hydrogen (secondary N) is 2. The number of rotatable bonds is 3. The van der Waals surface area contributed by atoms with Crippen LogP contribution in [-0.4, -0.2) is 32.5 Å². The van der Waals surface area contributed by atoms with Crippen LogP contribution in [0.25, 0.3) is 0 Å². The lowest BCUT2D eigenvalue weighted by Gasteiger charge is -2.34. The predicted molar refractivity (Wildman–Crippen MR) is 71.7 cm³/mol. The summed E-state index contributed by atoms with van der Waals surface area (Å²) in [6.45, 7) is 1.07. The second-order valence-electron chi connectivity index (χ2n) is 4.85. The van der Waals surface area contributed by atoms with Crippen LogP contribution >= 0.6 is 0 Å². The lowest BCUT2D eigenvalue weighted by molar-refractivity contribution is -0.124. The molecule has 0 aliphatic carbocycles. The van der Waals surface area contributed by atoms with Gasteiger partial charge in [0.2, 0.25) is 5.91 Å². The Morgan fingerprint density at radius 3 is 2.95 bits per heavy atom. The molecule has 1 aromatic heterocycles. The molecule has 1 aliphatic heterocycles. The number of aromatic amines is 2. The molecule has 1 atom stereocenters. The van der Waals surface area contributed by atoms with Crippen molar-refractivity contribution in [3.63, 3.8) is 0 Å². The molecule has 2 heterocycles. The fourth-order valence-corrected chi connectivity index (χ4v) is 2.69. The van der Waals surface area contributed by atoms with Gasteiger partial charge in [0.05, 0.1) is 6.54 Å². The normalized spacial score (nSPS) is 18.7. The number of amides is 1. The summed E-state index contributed by atoms with van der Waals surface area (Å²) in [6, 6.07) is 7.30. The Kier molecular flexibility index (Phi) is 3.11. The second-order valence-corrected chi connectivity index (χ2v) is 4.85. The van der Waals surface area contributed by atoms with E-state index < -0.39 is 11.9 Å². The minimum atomic E-state index is -0.486. The first kappa shape index (κ1) is 12.6. The third-order valence-electron chi connectivity index (χ3n) is 3.56. The zero-order chi connectivity index (χ0) is 14.1. The van der Waals surface area contributed by atoms with Gasteiger partial charge in [0.15, 0.2) is 0 Å². The standard InChI is InChI=1S/C13H15N5O2/c14-12(19)11-9-4-2-1-3-8(9)5-6-18(11)7-10-15-13(20)17-16-10/h1-4,11H,5-7H2,(H2,14,19)(H2,15,16,17,20). The minimum absolute atomic E-state index is 0.354. The summed E-state index contributed by atoms with van der Waals surface area (Å²) < 4.78 is 0. The number of fused-ring (bicyclic) bond motifs is 1. The van der Waals surface area contributed by atoms with E-state index in [2.05, 4.69) is 15.2 Å². The van der Waals surface area contributed by atoms with Crippen LogP contribution in [0.2, 0.25) is 0 Å². The minimum Gasteiger partial charge on any atom is -0.368 e. The van der Waals surface area contributed by atoms with Crippen molar-refractivity contribution < 1.29 is 4.79 Å². The number of primary amides is 1. The molecule has 1 amide bonds. The van der Waals surface area contributed by atoms with Crippen LogP contribution < -0.4 is 11.4 Å². The van der Waals surface area contributed by atoms with Crippen molar-refractivity contribution in [1.82, 2.24) is 20.1 Å². The van der Waals surface area contributed by atoms with Crippen molar-refractivity contribution in [3.05, 3.63) is 51.7 Å². The van der Waals surface area contributed by atoms with Crippen LogP contribution in [0.5, 0.6) is 0 Å². The van der Waals surface area contributed by atoms with Gasteiger partial charge in [0.1, 0.15) is 11.9 Å². The summed E-state index contributed by atoms with van der Waals surface area (Å²) in [4.78, 5) is 27.4. The van der Waals surface area contributed by atoms with E-state index in [0.29, 0.717) is 18.9 Å². The Balaban J connectivity index is 1.92. The average molecular weight is 273 g/mol. The molecule has 1 unspecified atom stereocenters. The summed E-state index contributed by atoms with van der Waals surface area (Å²) in [6.07, 6.45) is 0.842. The van der Waals surface area contributed by atoms with Crippen molar-refractivity contribution in [3.8, 4) is 0 Å². The highest BCUT2D eigenvalue weighted by Gasteiger charge is 2.31. The van der Waals surface area contributed by atoms with Crippen LogP contribution in [0.15, 0.2) is 29.1 Å². The van der Waals surface area contributed by atoms with Gasteiger partial charge in [-0.15, -0.1) is 0 Å². The predicted octanol–water partition coefficient (Wildman–Crippen LogP) is -0.317. The van der Waals surface area contributed by atoms with Gasteiger partial charge in [-0.05, 0) is 17.5 Å². The smallest absolute Gasteiger partial charge is 0.340 e. The fraction of sp³-hybridized carbons (Fsp3) is 0.308. The fourth-order valence-electron chi connectivity index (χ4n) is 2.69. The Morgan fingerprint density at radius 1 is 1.45 bits per heavy atom. The maximum Gasteiger partial charge on any atom is 0.340 e. The number of carbonyl (C=O) groups excluding carboxylic acids is 1. The van der Waals surface area contributed by atoms with E-state index in [1.807, 2.05) is 29.2 Å². The average Bonchev–Trinajstić information content (AvgIpc) is 2.83. The van der Waals surface area contributed by atoms with Crippen molar-refractivity contribution >= 4 is 5.91 Å². The Bertz CT molecular complexity index is 690. The Morgan fingerprint density at radius 2 is 2.25 bits per heavy atom. The van der Waals surface area contributed by atoms with Crippen molar-refractivity contribution in [2.45, 2.75) is 19.0 Å². The maximum atomic E-state index is 11.8. The zero-order valence-corrected chi connectivity index (χ0v) is 10.8. The van der Waals surface area contributed by atoms with Gasteiger partial charge < -0.3 is 5.73 Å². The number of aromatic nitrogens is 3. The summed E-state index contributed by atoms with van der Waals surface area (Å²) in [7, 11) is 0. The van der Waals surface area contributed by atoms with Gasteiger partial charge in [-0.3, -0.25) is 14.7 Å². The van der Waals surface area contributed by atoms with E-state index in [9.17, 15) is 9.59 Å². The molecule has 0 fully saturated rings. The molecule has 2 aromatic rings. The third kappa shape index (κ3) is 2.23. The first-order valence-corrected chi connectivity index (χ1v) is 6.40. The third-order valence-corrected chi connectivity index (χ3v) is 3.56. The van der Waals surface area contributed by atoms with Crippen molar-refractivity contribution in [1.29, 1.82) is 0 Å². The maximum absolute atomic E-state index is 11.8. The van der Waals surface area contributed by atoms with Gasteiger partial charge in [0, 0.05) is 6.54 Å². The van der Waals surface area contributed by atoms with Gasteiger partial charge in [-0.25, -0.2) is 9.89 Å². The number of nitrogens with zero attached hydrogens (tertiary/aromatic N) is 2. The molecular formula is C13H15N5O2. The number of H-pyrrole nitrogens is 2. The number of hydrogen-bond acceptors (Lipinski definition) is 4. The summed E-state index contributed by atoms with van der Waals surface area (Å²) in [5.74, 6) is 0.107. The van der Waals surface area contributed by atoms with E-state index in [1.165, 1.54) is 0 Å². The van der Waals surface area contributed by atoms with Gasteiger partial charge in [0.25, 0.3) is 0 Å². The zero-order valence-electron chi connectivity index (χ0n) is 10.8. The highest BCUT2D eigenvalue weighted by molar-refractivity contribution is 5.82. The van der Waals surface area contributed by atoms with E-state index in [4.69, 9.17) is 5.73 Å². The summed E-state index contributed by atoms with van der Waals surface area (Å²) >= 11 is 0. The monoisotopic (exact) mass is 273 g/mol. The topological polar surface area (TPSA) is 108 Å².